The molecule has 0 aliphatic heterocycles. The number of hydrogen-bond acceptors (Lipinski definition) is 2. The summed E-state index contributed by atoms with van der Waals surface area (Å²) in [5.74, 6) is 3.17. The minimum Gasteiger partial charge on any atom is -0.349 e. The number of carbonyl (C=O) groups excluding carboxylic acids is 1. The van der Waals surface area contributed by atoms with E-state index in [4.69, 9.17) is 6.42 Å². The number of amides is 1. The Kier molecular flexibility index (Phi) is 3.87. The van der Waals surface area contributed by atoms with Crippen LogP contribution in [0, 0.1) is 18.3 Å². The fourth-order valence-corrected chi connectivity index (χ4v) is 2.96. The third-order valence-electron chi connectivity index (χ3n) is 4.19. The molecule has 3 heteroatoms. The van der Waals surface area contributed by atoms with Gasteiger partial charge < -0.3 is 5.32 Å². The molecule has 1 amide bonds. The second kappa shape index (κ2) is 5.97. The molecule has 1 aromatic heterocycles. The first-order chi connectivity index (χ1) is 10.3. The molecule has 1 aliphatic carbocycles. The Morgan fingerprint density at radius 1 is 1.19 bits per heavy atom. The lowest BCUT2D eigenvalue weighted by Gasteiger charge is -2.26. The third kappa shape index (κ3) is 2.90. The Labute approximate surface area is 124 Å². The zero-order valence-corrected chi connectivity index (χ0v) is 11.9. The van der Waals surface area contributed by atoms with Crippen LogP contribution in [0.2, 0.25) is 0 Å². The van der Waals surface area contributed by atoms with Gasteiger partial charge in [-0.3, -0.25) is 9.78 Å². The zero-order valence-electron chi connectivity index (χ0n) is 11.9. The number of carbonyl (C=O) groups is 1. The van der Waals surface area contributed by atoms with Crippen molar-refractivity contribution in [1.82, 2.24) is 10.3 Å². The molecule has 3 rings (SSSR count). The summed E-state index contributed by atoms with van der Waals surface area (Å²) in [6, 6.07) is 9.73. The van der Waals surface area contributed by atoms with E-state index in [-0.39, 0.29) is 11.9 Å². The first-order valence-corrected chi connectivity index (χ1v) is 7.38. The number of terminal acetylenes is 1. The first-order valence-electron chi connectivity index (χ1n) is 7.38. The van der Waals surface area contributed by atoms with Gasteiger partial charge >= 0.3 is 0 Å². The summed E-state index contributed by atoms with van der Waals surface area (Å²) in [7, 11) is 0. The molecule has 0 atom stereocenters. The second-order valence-electron chi connectivity index (χ2n) is 5.56. The van der Waals surface area contributed by atoms with Gasteiger partial charge in [0.25, 0.3) is 5.91 Å². The number of para-hydroxylation sites is 1. The number of nitrogens with one attached hydrogen (secondary N) is 1. The lowest BCUT2D eigenvalue weighted by Crippen LogP contribution is -2.37. The molecule has 3 nitrogen and oxygen atoms in total. The monoisotopic (exact) mass is 278 g/mol. The van der Waals surface area contributed by atoms with Crippen molar-refractivity contribution in [2.45, 2.75) is 31.7 Å². The summed E-state index contributed by atoms with van der Waals surface area (Å²) in [4.78, 5) is 16.8. The molecule has 1 aliphatic rings. The summed E-state index contributed by atoms with van der Waals surface area (Å²) >= 11 is 0. The van der Waals surface area contributed by atoms with Crippen molar-refractivity contribution in [3.63, 3.8) is 0 Å². The Morgan fingerprint density at radius 2 is 1.95 bits per heavy atom. The number of fused-ring (bicyclic) bond motifs is 1. The SMILES string of the molecule is C#C[C@H]1CC[C@H](NC(=O)c2ccnc3ccccc23)CC1. The minimum atomic E-state index is -0.0160. The van der Waals surface area contributed by atoms with E-state index in [0.29, 0.717) is 11.5 Å². The highest BCUT2D eigenvalue weighted by atomic mass is 16.1. The molecule has 1 fully saturated rings. The molecule has 106 valence electrons. The zero-order chi connectivity index (χ0) is 14.7. The van der Waals surface area contributed by atoms with Gasteiger partial charge in [-0.15, -0.1) is 12.3 Å². The molecule has 0 saturated heterocycles. The van der Waals surface area contributed by atoms with Crippen molar-refractivity contribution in [2.75, 3.05) is 0 Å². The smallest absolute Gasteiger partial charge is 0.252 e. The lowest BCUT2D eigenvalue weighted by atomic mass is 9.86. The van der Waals surface area contributed by atoms with Crippen molar-refractivity contribution in [3.8, 4) is 12.3 Å². The largest absolute Gasteiger partial charge is 0.349 e. The van der Waals surface area contributed by atoms with E-state index in [1.807, 2.05) is 24.3 Å². The second-order valence-corrected chi connectivity index (χ2v) is 5.56. The van der Waals surface area contributed by atoms with Crippen LogP contribution in [0.25, 0.3) is 10.9 Å². The van der Waals surface area contributed by atoms with Gasteiger partial charge in [0.05, 0.1) is 11.1 Å². The molecule has 0 unspecified atom stereocenters. The highest BCUT2D eigenvalue weighted by Gasteiger charge is 2.22. The van der Waals surface area contributed by atoms with Crippen LogP contribution in [0.15, 0.2) is 36.5 Å². The minimum absolute atomic E-state index is 0.0160. The normalized spacial score (nSPS) is 21.7. The van der Waals surface area contributed by atoms with Gasteiger partial charge in [-0.05, 0) is 37.8 Å². The molecule has 1 aromatic carbocycles. The molecule has 2 aromatic rings. The Bertz CT molecular complexity index is 688. The summed E-state index contributed by atoms with van der Waals surface area (Å²) in [5, 5.41) is 4.03. The maximum Gasteiger partial charge on any atom is 0.252 e. The molecular formula is C18H18N2O. The average Bonchev–Trinajstić information content (AvgIpc) is 2.55. The lowest BCUT2D eigenvalue weighted by molar-refractivity contribution is 0.0926. The number of benzene rings is 1. The topological polar surface area (TPSA) is 42.0 Å². The van der Waals surface area contributed by atoms with Crippen LogP contribution in [0.3, 0.4) is 0 Å². The van der Waals surface area contributed by atoms with E-state index < -0.39 is 0 Å². The van der Waals surface area contributed by atoms with Crippen molar-refractivity contribution < 1.29 is 4.79 Å². The molecule has 21 heavy (non-hydrogen) atoms. The Balaban J connectivity index is 1.75. The standard InChI is InChI=1S/C18H18N2O/c1-2-13-7-9-14(10-8-13)20-18(21)16-11-12-19-17-6-4-3-5-15(16)17/h1,3-6,11-14H,7-10H2,(H,20,21)/t13-,14-. The van der Waals surface area contributed by atoms with Gasteiger partial charge in [-0.2, -0.15) is 0 Å². The predicted octanol–water partition coefficient (Wildman–Crippen LogP) is 3.16. The molecule has 1 N–H and O–H groups in total. The highest BCUT2D eigenvalue weighted by molar-refractivity contribution is 6.06. The maximum atomic E-state index is 12.5. The number of rotatable bonds is 2. The van der Waals surface area contributed by atoms with Crippen molar-refractivity contribution in [1.29, 1.82) is 0 Å². The van der Waals surface area contributed by atoms with Gasteiger partial charge in [0.15, 0.2) is 0 Å². The van der Waals surface area contributed by atoms with Crippen molar-refractivity contribution in [2.24, 2.45) is 5.92 Å². The molecule has 0 spiro atoms. The van der Waals surface area contributed by atoms with E-state index >= 15 is 0 Å². The quantitative estimate of drug-likeness (QED) is 0.857. The fraction of sp³-hybridized carbons (Fsp3) is 0.333. The molecule has 0 bridgehead atoms. The van der Waals surface area contributed by atoms with Gasteiger partial charge in [-0.1, -0.05) is 18.2 Å². The first kappa shape index (κ1) is 13.6. The van der Waals surface area contributed by atoms with E-state index in [1.54, 1.807) is 12.3 Å². The summed E-state index contributed by atoms with van der Waals surface area (Å²) in [6.45, 7) is 0. The predicted molar refractivity (Wildman–Crippen MR) is 83.8 cm³/mol. The van der Waals surface area contributed by atoms with E-state index in [9.17, 15) is 4.79 Å². The van der Waals surface area contributed by atoms with Crippen molar-refractivity contribution in [3.05, 3.63) is 42.1 Å². The Morgan fingerprint density at radius 3 is 2.71 bits per heavy atom. The van der Waals surface area contributed by atoms with Crippen LogP contribution >= 0.6 is 0 Å². The summed E-state index contributed by atoms with van der Waals surface area (Å²) < 4.78 is 0. The van der Waals surface area contributed by atoms with Crippen LogP contribution in [-0.2, 0) is 0 Å². The summed E-state index contributed by atoms with van der Waals surface area (Å²) in [5.41, 5.74) is 1.54. The van der Waals surface area contributed by atoms with E-state index in [1.165, 1.54) is 0 Å². The van der Waals surface area contributed by atoms with E-state index in [0.717, 1.165) is 36.6 Å². The molecule has 0 radical (unpaired) electrons. The average molecular weight is 278 g/mol. The van der Waals surface area contributed by atoms with Crippen molar-refractivity contribution >= 4 is 16.8 Å². The highest BCUT2D eigenvalue weighted by Crippen LogP contribution is 2.24. The Hall–Kier alpha value is -2.34. The van der Waals surface area contributed by atoms with Gasteiger partial charge in [0, 0.05) is 23.5 Å². The number of pyridine rings is 1. The fourth-order valence-electron chi connectivity index (χ4n) is 2.96. The van der Waals surface area contributed by atoms with Gasteiger partial charge in [0.1, 0.15) is 0 Å². The number of hydrogen-bond donors (Lipinski definition) is 1. The summed E-state index contributed by atoms with van der Waals surface area (Å²) in [6.07, 6.45) is 11.1. The maximum absolute atomic E-state index is 12.5. The van der Waals surface area contributed by atoms with Crippen LogP contribution in [-0.4, -0.2) is 16.9 Å². The van der Waals surface area contributed by atoms with Crippen LogP contribution in [0.1, 0.15) is 36.0 Å². The van der Waals surface area contributed by atoms with Crippen LogP contribution in [0.5, 0.6) is 0 Å². The molecule has 1 heterocycles. The number of nitrogens with zero attached hydrogens (tertiary/aromatic N) is 1. The van der Waals surface area contributed by atoms with Gasteiger partial charge in [-0.25, -0.2) is 0 Å². The third-order valence-corrected chi connectivity index (χ3v) is 4.19. The van der Waals surface area contributed by atoms with Crippen LogP contribution < -0.4 is 5.32 Å². The molecule has 1 saturated carbocycles. The van der Waals surface area contributed by atoms with Crippen LogP contribution in [0.4, 0.5) is 0 Å². The van der Waals surface area contributed by atoms with Gasteiger partial charge in [0.2, 0.25) is 0 Å². The number of aromatic nitrogens is 1. The van der Waals surface area contributed by atoms with E-state index in [2.05, 4.69) is 16.2 Å². The molecular weight excluding hydrogens is 260 g/mol.